The maximum absolute atomic E-state index is 11.4. The van der Waals surface area contributed by atoms with Gasteiger partial charge in [-0.05, 0) is 66.8 Å². The van der Waals surface area contributed by atoms with Crippen LogP contribution in [-0.2, 0) is 47.0 Å². The monoisotopic (exact) mass is 792 g/mol. The van der Waals surface area contributed by atoms with Gasteiger partial charge in [0.2, 0.25) is 0 Å². The van der Waals surface area contributed by atoms with Crippen molar-refractivity contribution >= 4 is 63.7 Å². The summed E-state index contributed by atoms with van der Waals surface area (Å²) < 4.78 is 0. The molecular weight excluding hydrogens is 768 g/mol. The number of alkyl halides is 4. The Morgan fingerprint density at radius 1 is 0.350 bits per heavy atom. The van der Waals surface area contributed by atoms with E-state index in [1.807, 2.05) is 48.5 Å². The molecule has 0 saturated heterocycles. The highest BCUT2D eigenvalue weighted by Crippen LogP contribution is 2.39. The second kappa shape index (κ2) is 12.5. The lowest BCUT2D eigenvalue weighted by atomic mass is 9.89. The van der Waals surface area contributed by atoms with Gasteiger partial charge in [-0.15, -0.1) is 0 Å². The quantitative estimate of drug-likeness (QED) is 0.137. The van der Waals surface area contributed by atoms with Gasteiger partial charge < -0.3 is 20.4 Å². The summed E-state index contributed by atoms with van der Waals surface area (Å²) in [5.74, 6) is 0.656. The molecule has 5 rings (SSSR count). The number of aromatic hydroxyl groups is 4. The van der Waals surface area contributed by atoms with Crippen molar-refractivity contribution in [1.82, 2.24) is 0 Å². The fourth-order valence-electron chi connectivity index (χ4n) is 5.54. The summed E-state index contributed by atoms with van der Waals surface area (Å²) in [6.07, 6.45) is 1.32. The van der Waals surface area contributed by atoms with Crippen molar-refractivity contribution in [2.24, 2.45) is 0 Å². The van der Waals surface area contributed by atoms with E-state index in [1.165, 1.54) is 0 Å². The van der Waals surface area contributed by atoms with Crippen LogP contribution >= 0.6 is 63.7 Å². The van der Waals surface area contributed by atoms with Gasteiger partial charge in [-0.25, -0.2) is 0 Å². The Hall–Kier alpha value is -2.00. The molecule has 208 valence electrons. The molecule has 0 unspecified atom stereocenters. The normalized spacial score (nSPS) is 12.9. The van der Waals surface area contributed by atoms with E-state index in [0.717, 1.165) is 22.3 Å². The summed E-state index contributed by atoms with van der Waals surface area (Å²) in [6, 6.07) is 15.6. The van der Waals surface area contributed by atoms with Crippen LogP contribution in [0.15, 0.2) is 48.5 Å². The summed E-state index contributed by atoms with van der Waals surface area (Å²) in [4.78, 5) is 0. The third kappa shape index (κ3) is 5.96. The standard InChI is InChI=1S/C32H28Br4O4/c33-13-17-1-21-9-23-3-18(14-34)4-25(30(23)38)11-26-7-20(16-36)8-28(32(26)40)12-27-6-19(15-35)5-24(31(27)39)10-22(2-17)29(21)37/h1-8,37-40H,9-16H2. The Morgan fingerprint density at radius 3 is 0.625 bits per heavy atom. The van der Waals surface area contributed by atoms with Crippen molar-refractivity contribution in [1.29, 1.82) is 0 Å². The van der Waals surface area contributed by atoms with Crippen molar-refractivity contribution in [3.8, 4) is 23.0 Å². The van der Waals surface area contributed by atoms with Gasteiger partial charge in [0.1, 0.15) is 23.0 Å². The van der Waals surface area contributed by atoms with Crippen LogP contribution < -0.4 is 0 Å². The molecule has 0 aliphatic heterocycles. The molecule has 4 nitrogen and oxygen atoms in total. The molecule has 40 heavy (non-hydrogen) atoms. The minimum atomic E-state index is 0.164. The Balaban J connectivity index is 1.80. The van der Waals surface area contributed by atoms with Crippen LogP contribution in [0.2, 0.25) is 0 Å². The molecular formula is C32H28Br4O4. The zero-order chi connectivity index (χ0) is 28.6. The van der Waals surface area contributed by atoms with Crippen LogP contribution in [0.1, 0.15) is 66.8 Å². The third-order valence-electron chi connectivity index (χ3n) is 7.45. The van der Waals surface area contributed by atoms with Gasteiger partial charge in [-0.1, -0.05) is 112 Å². The van der Waals surface area contributed by atoms with Gasteiger partial charge in [0, 0.05) is 47.0 Å². The van der Waals surface area contributed by atoms with Gasteiger partial charge in [-0.2, -0.15) is 0 Å². The molecule has 1 aliphatic carbocycles. The average molecular weight is 796 g/mol. The minimum Gasteiger partial charge on any atom is -0.507 e. The molecule has 4 aromatic carbocycles. The maximum atomic E-state index is 11.4. The van der Waals surface area contributed by atoms with E-state index in [0.29, 0.717) is 91.5 Å². The molecule has 0 heterocycles. The summed E-state index contributed by atoms with van der Waals surface area (Å²) in [7, 11) is 0. The maximum Gasteiger partial charge on any atom is 0.122 e. The SMILES string of the molecule is Oc1c2cc(CBr)cc1Cc1cc(CBr)cc(c1O)Cc1cc(CBr)cc(c1O)Cc1cc(CBr)cc(c1O)C2. The fraction of sp³-hybridized carbons (Fsp3) is 0.250. The highest BCUT2D eigenvalue weighted by molar-refractivity contribution is 9.09. The van der Waals surface area contributed by atoms with Crippen LogP contribution in [0.4, 0.5) is 0 Å². The number of hydrogen-bond donors (Lipinski definition) is 4. The van der Waals surface area contributed by atoms with Crippen LogP contribution in [0.5, 0.6) is 23.0 Å². The summed E-state index contributed by atoms with van der Waals surface area (Å²) in [5, 5.41) is 48.2. The van der Waals surface area contributed by atoms with Crippen molar-refractivity contribution in [2.45, 2.75) is 47.0 Å². The molecule has 0 radical (unpaired) electrons. The number of phenols is 4. The second-order valence-corrected chi connectivity index (χ2v) is 12.5. The van der Waals surface area contributed by atoms with Gasteiger partial charge >= 0.3 is 0 Å². The molecule has 0 amide bonds. The van der Waals surface area contributed by atoms with E-state index < -0.39 is 0 Å². The lowest BCUT2D eigenvalue weighted by Gasteiger charge is -2.19. The highest BCUT2D eigenvalue weighted by Gasteiger charge is 2.21. The van der Waals surface area contributed by atoms with Crippen LogP contribution in [0.25, 0.3) is 0 Å². The van der Waals surface area contributed by atoms with Gasteiger partial charge in [0.15, 0.2) is 0 Å². The molecule has 0 atom stereocenters. The number of hydrogen-bond acceptors (Lipinski definition) is 4. The Kier molecular flexibility index (Phi) is 9.20. The summed E-state index contributed by atoms with van der Waals surface area (Å²) in [6.45, 7) is 0. The lowest BCUT2D eigenvalue weighted by Crippen LogP contribution is -2.03. The number of benzene rings is 4. The topological polar surface area (TPSA) is 80.9 Å². The number of rotatable bonds is 4. The smallest absolute Gasteiger partial charge is 0.122 e. The van der Waals surface area contributed by atoms with Crippen LogP contribution in [0, 0.1) is 0 Å². The molecule has 0 aromatic heterocycles. The number of halogens is 4. The van der Waals surface area contributed by atoms with E-state index in [9.17, 15) is 20.4 Å². The van der Waals surface area contributed by atoms with Gasteiger partial charge in [0.05, 0.1) is 0 Å². The summed E-state index contributed by atoms with van der Waals surface area (Å²) >= 11 is 14.3. The first-order valence-electron chi connectivity index (χ1n) is 12.8. The molecule has 1 aliphatic rings. The van der Waals surface area contributed by atoms with Crippen LogP contribution in [-0.4, -0.2) is 20.4 Å². The van der Waals surface area contributed by atoms with Gasteiger partial charge in [-0.3, -0.25) is 0 Å². The Bertz CT molecular complexity index is 1270. The van der Waals surface area contributed by atoms with E-state index in [1.54, 1.807) is 0 Å². The molecule has 8 bridgehead atoms. The largest absolute Gasteiger partial charge is 0.507 e. The second-order valence-electron chi connectivity index (χ2n) is 10.3. The number of phenolic OH excluding ortho intramolecular Hbond substituents is 4. The van der Waals surface area contributed by atoms with E-state index in [4.69, 9.17) is 0 Å². The average Bonchev–Trinajstić information content (AvgIpc) is 2.95. The first kappa shape index (κ1) is 29.5. The Labute approximate surface area is 267 Å². The zero-order valence-corrected chi connectivity index (χ0v) is 27.9. The molecule has 8 heteroatoms. The first-order valence-corrected chi connectivity index (χ1v) is 17.3. The predicted molar refractivity (Wildman–Crippen MR) is 174 cm³/mol. The molecule has 4 N–H and O–H groups in total. The van der Waals surface area contributed by atoms with Crippen LogP contribution in [0.3, 0.4) is 0 Å². The van der Waals surface area contributed by atoms with E-state index in [2.05, 4.69) is 63.7 Å². The minimum absolute atomic E-state index is 0.164. The zero-order valence-electron chi connectivity index (χ0n) is 21.6. The van der Waals surface area contributed by atoms with Crippen molar-refractivity contribution in [2.75, 3.05) is 0 Å². The van der Waals surface area contributed by atoms with E-state index in [-0.39, 0.29) is 23.0 Å². The molecule has 0 fully saturated rings. The van der Waals surface area contributed by atoms with Gasteiger partial charge in [0.25, 0.3) is 0 Å². The fourth-order valence-corrected chi connectivity index (χ4v) is 6.83. The predicted octanol–water partition coefficient (Wildman–Crippen LogP) is 8.77. The molecule has 0 saturated carbocycles. The third-order valence-corrected chi connectivity index (χ3v) is 10.0. The first-order chi connectivity index (χ1) is 19.2. The lowest BCUT2D eigenvalue weighted by molar-refractivity contribution is 0.450. The molecule has 0 spiro atoms. The van der Waals surface area contributed by atoms with Crippen molar-refractivity contribution in [3.63, 3.8) is 0 Å². The van der Waals surface area contributed by atoms with Crippen molar-refractivity contribution < 1.29 is 20.4 Å². The Morgan fingerprint density at radius 2 is 0.500 bits per heavy atom. The van der Waals surface area contributed by atoms with E-state index >= 15 is 0 Å². The molecule has 4 aromatic rings. The highest BCUT2D eigenvalue weighted by atomic mass is 79.9. The summed E-state index contributed by atoms with van der Waals surface area (Å²) in [5.41, 5.74) is 9.62. The number of fused-ring (bicyclic) bond motifs is 8. The van der Waals surface area contributed by atoms with Crippen molar-refractivity contribution in [3.05, 3.63) is 115 Å².